The lowest BCUT2D eigenvalue weighted by atomic mass is 10.3. The van der Waals surface area contributed by atoms with Crippen molar-refractivity contribution in [3.05, 3.63) is 67.4 Å². The second kappa shape index (κ2) is 7.52. The van der Waals surface area contributed by atoms with Crippen molar-refractivity contribution in [3.8, 4) is 0 Å². The fourth-order valence-corrected chi connectivity index (χ4v) is 1.38. The molecule has 16 heavy (non-hydrogen) atoms. The van der Waals surface area contributed by atoms with Gasteiger partial charge in [0.1, 0.15) is 0 Å². The van der Waals surface area contributed by atoms with Gasteiger partial charge in [0.25, 0.3) is 0 Å². The van der Waals surface area contributed by atoms with Crippen molar-refractivity contribution in [2.45, 2.75) is 13.3 Å². The molecule has 0 spiro atoms. The molecule has 0 aliphatic heterocycles. The monoisotopic (exact) mass is 213 g/mol. The average molecular weight is 213 g/mol. The van der Waals surface area contributed by atoms with Crippen molar-refractivity contribution in [2.75, 3.05) is 11.4 Å². The van der Waals surface area contributed by atoms with Gasteiger partial charge in [0, 0.05) is 18.4 Å². The second-order valence-electron chi connectivity index (χ2n) is 3.45. The predicted molar refractivity (Wildman–Crippen MR) is 72.6 cm³/mol. The summed E-state index contributed by atoms with van der Waals surface area (Å²) in [7, 11) is 0. The van der Waals surface area contributed by atoms with E-state index in [2.05, 4.69) is 55.0 Å². The van der Waals surface area contributed by atoms with Gasteiger partial charge in [0.15, 0.2) is 0 Å². The third-order valence-corrected chi connectivity index (χ3v) is 2.16. The molecule has 0 atom stereocenters. The summed E-state index contributed by atoms with van der Waals surface area (Å²) in [6, 6.07) is 10.3. The molecule has 1 heteroatoms. The zero-order valence-electron chi connectivity index (χ0n) is 9.84. The second-order valence-corrected chi connectivity index (χ2v) is 3.45. The van der Waals surface area contributed by atoms with Gasteiger partial charge >= 0.3 is 0 Å². The van der Waals surface area contributed by atoms with Crippen LogP contribution in [0.2, 0.25) is 0 Å². The Hall–Kier alpha value is -1.76. The first-order valence-corrected chi connectivity index (χ1v) is 5.64. The number of para-hydroxylation sites is 1. The molecule has 0 N–H and O–H groups in total. The Morgan fingerprint density at radius 3 is 2.56 bits per heavy atom. The highest BCUT2D eigenvalue weighted by atomic mass is 15.1. The first-order chi connectivity index (χ1) is 7.88. The van der Waals surface area contributed by atoms with Crippen molar-refractivity contribution in [3.63, 3.8) is 0 Å². The quantitative estimate of drug-likeness (QED) is 0.506. The average Bonchev–Trinajstić information content (AvgIpc) is 2.34. The van der Waals surface area contributed by atoms with E-state index in [-0.39, 0.29) is 0 Å². The molecule has 0 aliphatic rings. The van der Waals surface area contributed by atoms with E-state index in [1.165, 1.54) is 5.69 Å². The zero-order chi connectivity index (χ0) is 11.6. The third kappa shape index (κ3) is 4.18. The van der Waals surface area contributed by atoms with Crippen LogP contribution in [0, 0.1) is 0 Å². The number of hydrogen-bond donors (Lipinski definition) is 0. The lowest BCUT2D eigenvalue weighted by Crippen LogP contribution is -2.15. The van der Waals surface area contributed by atoms with Crippen molar-refractivity contribution >= 4 is 5.69 Å². The van der Waals surface area contributed by atoms with E-state index in [0.717, 1.165) is 13.0 Å². The standard InChI is InChI=1S/C15H19N/c1-3-5-6-10-14-16(13-4-2)15-11-8-7-9-12-15/h4-12,14H,2-3,13H2,1H3/b6-5+,14-10-. The van der Waals surface area contributed by atoms with Gasteiger partial charge < -0.3 is 4.90 Å². The molecule has 0 amide bonds. The summed E-state index contributed by atoms with van der Waals surface area (Å²) >= 11 is 0. The topological polar surface area (TPSA) is 3.24 Å². The Kier molecular flexibility index (Phi) is 5.79. The Labute approximate surface area is 98.4 Å². The molecule has 1 aromatic carbocycles. The Morgan fingerprint density at radius 1 is 1.19 bits per heavy atom. The molecular weight excluding hydrogens is 194 g/mol. The van der Waals surface area contributed by atoms with Crippen molar-refractivity contribution in [2.24, 2.45) is 0 Å². The fraction of sp³-hybridized carbons (Fsp3) is 0.200. The highest BCUT2D eigenvalue weighted by Gasteiger charge is 1.97. The molecule has 0 saturated heterocycles. The molecule has 1 nitrogen and oxygen atoms in total. The maximum Gasteiger partial charge on any atom is 0.0409 e. The Balaban J connectivity index is 2.71. The number of nitrogens with zero attached hydrogens (tertiary/aromatic N) is 1. The summed E-state index contributed by atoms with van der Waals surface area (Å²) in [6.45, 7) is 6.72. The van der Waals surface area contributed by atoms with Crippen LogP contribution in [-0.2, 0) is 0 Å². The van der Waals surface area contributed by atoms with Crippen molar-refractivity contribution in [1.82, 2.24) is 0 Å². The minimum Gasteiger partial charge on any atom is -0.344 e. The van der Waals surface area contributed by atoms with Gasteiger partial charge in [-0.2, -0.15) is 0 Å². The number of hydrogen-bond acceptors (Lipinski definition) is 1. The summed E-state index contributed by atoms with van der Waals surface area (Å²) in [6.07, 6.45) is 11.3. The summed E-state index contributed by atoms with van der Waals surface area (Å²) in [5.74, 6) is 0. The molecule has 0 unspecified atom stereocenters. The van der Waals surface area contributed by atoms with Gasteiger partial charge in [-0.05, 0) is 24.6 Å². The van der Waals surface area contributed by atoms with E-state index in [1.54, 1.807) is 0 Å². The van der Waals surface area contributed by atoms with E-state index in [9.17, 15) is 0 Å². The molecule has 84 valence electrons. The summed E-state index contributed by atoms with van der Waals surface area (Å²) in [5, 5.41) is 0. The smallest absolute Gasteiger partial charge is 0.0409 e. The van der Waals surface area contributed by atoms with Gasteiger partial charge in [0.2, 0.25) is 0 Å². The number of benzene rings is 1. The van der Waals surface area contributed by atoms with Crippen LogP contribution < -0.4 is 4.90 Å². The van der Waals surface area contributed by atoms with Gasteiger partial charge in [-0.25, -0.2) is 0 Å². The molecule has 1 aromatic rings. The van der Waals surface area contributed by atoms with Gasteiger partial charge in [-0.1, -0.05) is 43.4 Å². The van der Waals surface area contributed by atoms with E-state index in [1.807, 2.05) is 24.3 Å². The maximum atomic E-state index is 3.78. The van der Waals surface area contributed by atoms with Crippen LogP contribution in [0.15, 0.2) is 67.4 Å². The molecule has 0 fully saturated rings. The molecule has 0 aliphatic carbocycles. The first kappa shape index (κ1) is 12.3. The highest BCUT2D eigenvalue weighted by Crippen LogP contribution is 2.13. The number of allylic oxidation sites excluding steroid dienone is 3. The van der Waals surface area contributed by atoms with Crippen LogP contribution in [0.1, 0.15) is 13.3 Å². The first-order valence-electron chi connectivity index (χ1n) is 5.64. The van der Waals surface area contributed by atoms with Crippen LogP contribution >= 0.6 is 0 Å². The van der Waals surface area contributed by atoms with Gasteiger partial charge in [-0.15, -0.1) is 6.58 Å². The van der Waals surface area contributed by atoms with Crippen LogP contribution in [0.5, 0.6) is 0 Å². The molecule has 0 bridgehead atoms. The lowest BCUT2D eigenvalue weighted by Gasteiger charge is -2.18. The van der Waals surface area contributed by atoms with E-state index in [4.69, 9.17) is 0 Å². The number of rotatable bonds is 6. The largest absolute Gasteiger partial charge is 0.344 e. The normalized spacial score (nSPS) is 11.1. The Morgan fingerprint density at radius 2 is 1.94 bits per heavy atom. The van der Waals surface area contributed by atoms with Crippen LogP contribution in [-0.4, -0.2) is 6.54 Å². The van der Waals surface area contributed by atoms with E-state index < -0.39 is 0 Å². The highest BCUT2D eigenvalue weighted by molar-refractivity contribution is 5.49. The third-order valence-electron chi connectivity index (χ3n) is 2.16. The molecule has 0 radical (unpaired) electrons. The number of anilines is 1. The summed E-state index contributed by atoms with van der Waals surface area (Å²) in [4.78, 5) is 2.16. The Bertz CT molecular complexity index is 349. The summed E-state index contributed by atoms with van der Waals surface area (Å²) < 4.78 is 0. The molecule has 1 rings (SSSR count). The van der Waals surface area contributed by atoms with Gasteiger partial charge in [0.05, 0.1) is 0 Å². The van der Waals surface area contributed by atoms with E-state index >= 15 is 0 Å². The van der Waals surface area contributed by atoms with Crippen molar-refractivity contribution < 1.29 is 0 Å². The fourth-order valence-electron chi connectivity index (χ4n) is 1.38. The van der Waals surface area contributed by atoms with Crippen LogP contribution in [0.3, 0.4) is 0 Å². The lowest BCUT2D eigenvalue weighted by molar-refractivity contribution is 1.09. The van der Waals surface area contributed by atoms with Crippen molar-refractivity contribution in [1.29, 1.82) is 0 Å². The molecule has 0 heterocycles. The molecular formula is C15H19N. The van der Waals surface area contributed by atoms with Crippen LogP contribution in [0.4, 0.5) is 5.69 Å². The molecule has 0 saturated carbocycles. The molecule has 0 aromatic heterocycles. The maximum absolute atomic E-state index is 3.78. The summed E-state index contributed by atoms with van der Waals surface area (Å²) in [5.41, 5.74) is 1.18. The zero-order valence-corrected chi connectivity index (χ0v) is 9.84. The van der Waals surface area contributed by atoms with E-state index in [0.29, 0.717) is 0 Å². The van der Waals surface area contributed by atoms with Gasteiger partial charge in [-0.3, -0.25) is 0 Å². The SMILES string of the molecule is C=CCN(/C=C\C=C\CC)c1ccccc1. The predicted octanol–water partition coefficient (Wildman–Crippen LogP) is 4.16. The van der Waals surface area contributed by atoms with Crippen LogP contribution in [0.25, 0.3) is 0 Å². The minimum absolute atomic E-state index is 0.820. The minimum atomic E-state index is 0.820.